The lowest BCUT2D eigenvalue weighted by molar-refractivity contribution is 1.10. The molecule has 0 spiro atoms. The van der Waals surface area contributed by atoms with Gasteiger partial charge in [-0.25, -0.2) is 4.98 Å². The number of thioether (sulfide) groups is 2. The molecule has 0 aliphatic heterocycles. The van der Waals surface area contributed by atoms with E-state index >= 15 is 0 Å². The van der Waals surface area contributed by atoms with E-state index in [9.17, 15) is 0 Å². The van der Waals surface area contributed by atoms with Crippen molar-refractivity contribution in [2.45, 2.75) is 9.92 Å². The number of nitrogens with zero attached hydrogens (tertiary/aromatic N) is 1. The van der Waals surface area contributed by atoms with E-state index in [1.807, 2.05) is 18.5 Å². The van der Waals surface area contributed by atoms with E-state index in [1.54, 1.807) is 23.5 Å². The molecule has 1 heterocycles. The first-order valence-electron chi connectivity index (χ1n) is 2.91. The van der Waals surface area contributed by atoms with Crippen molar-refractivity contribution in [2.24, 2.45) is 0 Å². The molecule has 10 heavy (non-hydrogen) atoms. The van der Waals surface area contributed by atoms with Gasteiger partial charge in [0.2, 0.25) is 0 Å². The number of hydrogen-bond acceptors (Lipinski definition) is 3. The van der Waals surface area contributed by atoms with Crippen molar-refractivity contribution in [3.05, 3.63) is 18.3 Å². The maximum Gasteiger partial charge on any atom is 0.0968 e. The van der Waals surface area contributed by atoms with Crippen molar-refractivity contribution in [1.29, 1.82) is 0 Å². The van der Waals surface area contributed by atoms with Crippen LogP contribution in [0.2, 0.25) is 0 Å². The summed E-state index contributed by atoms with van der Waals surface area (Å²) >= 11 is 3.42. The summed E-state index contributed by atoms with van der Waals surface area (Å²) in [6, 6.07) is 4.11. The van der Waals surface area contributed by atoms with E-state index in [4.69, 9.17) is 0 Å². The summed E-state index contributed by atoms with van der Waals surface area (Å²) in [5, 5.41) is 1.09. The molecule has 1 rings (SSSR count). The molecular weight excluding hydrogens is 162 g/mol. The minimum absolute atomic E-state index is 1.09. The lowest BCUT2D eigenvalue weighted by Gasteiger charge is -1.96. The zero-order chi connectivity index (χ0) is 7.40. The fourth-order valence-corrected chi connectivity index (χ4v) is 1.54. The molecule has 1 aromatic heterocycles. The van der Waals surface area contributed by atoms with Gasteiger partial charge in [-0.2, -0.15) is 0 Å². The van der Waals surface area contributed by atoms with Crippen LogP contribution in [0.1, 0.15) is 0 Å². The van der Waals surface area contributed by atoms with E-state index in [2.05, 4.69) is 17.3 Å². The highest BCUT2D eigenvalue weighted by molar-refractivity contribution is 7.99. The Balaban J connectivity index is 2.87. The van der Waals surface area contributed by atoms with Gasteiger partial charge in [0.05, 0.1) is 5.03 Å². The molecule has 0 unspecified atom stereocenters. The van der Waals surface area contributed by atoms with Gasteiger partial charge in [0.15, 0.2) is 0 Å². The second kappa shape index (κ2) is 3.88. The van der Waals surface area contributed by atoms with E-state index in [1.165, 1.54) is 4.90 Å². The SMILES string of the molecule is CSc1ccnc(SC)c1. The maximum atomic E-state index is 4.16. The molecule has 0 bridgehead atoms. The average molecular weight is 171 g/mol. The first kappa shape index (κ1) is 7.95. The Hall–Kier alpha value is -0.150. The molecule has 0 saturated heterocycles. The Morgan fingerprint density at radius 2 is 2.10 bits per heavy atom. The standard InChI is InChI=1S/C7H9NS2/c1-9-6-3-4-8-7(5-6)10-2/h3-5H,1-2H3. The lowest BCUT2D eigenvalue weighted by Crippen LogP contribution is -1.77. The zero-order valence-corrected chi connectivity index (χ0v) is 7.63. The van der Waals surface area contributed by atoms with Crippen LogP contribution in [-0.2, 0) is 0 Å². The summed E-state index contributed by atoms with van der Waals surface area (Å²) in [5.41, 5.74) is 0. The van der Waals surface area contributed by atoms with Gasteiger partial charge in [0.1, 0.15) is 0 Å². The van der Waals surface area contributed by atoms with Gasteiger partial charge in [-0.3, -0.25) is 0 Å². The van der Waals surface area contributed by atoms with Gasteiger partial charge < -0.3 is 0 Å². The molecule has 0 N–H and O–H groups in total. The topological polar surface area (TPSA) is 12.9 Å². The van der Waals surface area contributed by atoms with Gasteiger partial charge in [-0.1, -0.05) is 0 Å². The molecule has 0 aliphatic rings. The summed E-state index contributed by atoms with van der Waals surface area (Å²) in [5.74, 6) is 0. The monoisotopic (exact) mass is 171 g/mol. The van der Waals surface area contributed by atoms with Gasteiger partial charge in [-0.05, 0) is 24.6 Å². The first-order valence-corrected chi connectivity index (χ1v) is 5.36. The summed E-state index contributed by atoms with van der Waals surface area (Å²) in [4.78, 5) is 5.43. The van der Waals surface area contributed by atoms with Gasteiger partial charge in [0, 0.05) is 11.1 Å². The van der Waals surface area contributed by atoms with Crippen molar-refractivity contribution in [1.82, 2.24) is 4.98 Å². The second-order valence-corrected chi connectivity index (χ2v) is 3.44. The van der Waals surface area contributed by atoms with Crippen LogP contribution in [0.4, 0.5) is 0 Å². The van der Waals surface area contributed by atoms with Gasteiger partial charge >= 0.3 is 0 Å². The predicted molar refractivity (Wildman–Crippen MR) is 47.8 cm³/mol. The highest BCUT2D eigenvalue weighted by Crippen LogP contribution is 2.18. The van der Waals surface area contributed by atoms with Crippen molar-refractivity contribution in [3.63, 3.8) is 0 Å². The van der Waals surface area contributed by atoms with Crippen LogP contribution < -0.4 is 0 Å². The van der Waals surface area contributed by atoms with Crippen molar-refractivity contribution >= 4 is 23.5 Å². The third-order valence-electron chi connectivity index (χ3n) is 1.15. The summed E-state index contributed by atoms with van der Waals surface area (Å²) < 4.78 is 0. The summed E-state index contributed by atoms with van der Waals surface area (Å²) in [6.45, 7) is 0. The van der Waals surface area contributed by atoms with Gasteiger partial charge in [-0.15, -0.1) is 23.5 Å². The minimum Gasteiger partial charge on any atom is -0.250 e. The van der Waals surface area contributed by atoms with E-state index < -0.39 is 0 Å². The Kier molecular flexibility index (Phi) is 3.09. The highest BCUT2D eigenvalue weighted by atomic mass is 32.2. The molecule has 0 fully saturated rings. The molecule has 1 nitrogen and oxygen atoms in total. The Morgan fingerprint density at radius 1 is 1.30 bits per heavy atom. The van der Waals surface area contributed by atoms with E-state index in [0.717, 1.165) is 5.03 Å². The molecule has 0 saturated carbocycles. The average Bonchev–Trinajstić information content (AvgIpc) is 2.05. The zero-order valence-electron chi connectivity index (χ0n) is 6.00. The predicted octanol–water partition coefficient (Wildman–Crippen LogP) is 2.53. The Labute approximate surface area is 69.6 Å². The molecule has 1 aromatic rings. The molecule has 0 atom stereocenters. The Bertz CT molecular complexity index is 193. The van der Waals surface area contributed by atoms with Crippen LogP contribution in [0.3, 0.4) is 0 Å². The molecular formula is C7H9NS2. The van der Waals surface area contributed by atoms with Crippen LogP contribution in [0, 0.1) is 0 Å². The number of aromatic nitrogens is 1. The van der Waals surface area contributed by atoms with Crippen LogP contribution in [0.15, 0.2) is 28.3 Å². The van der Waals surface area contributed by atoms with E-state index in [0.29, 0.717) is 0 Å². The summed E-state index contributed by atoms with van der Waals surface area (Å²) in [7, 11) is 0. The molecule has 0 aliphatic carbocycles. The van der Waals surface area contributed by atoms with E-state index in [-0.39, 0.29) is 0 Å². The smallest absolute Gasteiger partial charge is 0.0968 e. The number of rotatable bonds is 2. The number of pyridine rings is 1. The lowest BCUT2D eigenvalue weighted by atomic mass is 10.5. The molecule has 54 valence electrons. The minimum atomic E-state index is 1.09. The normalized spacial score (nSPS) is 9.80. The van der Waals surface area contributed by atoms with Crippen molar-refractivity contribution < 1.29 is 0 Å². The van der Waals surface area contributed by atoms with Crippen LogP contribution in [-0.4, -0.2) is 17.5 Å². The molecule has 3 heteroatoms. The molecule has 0 radical (unpaired) electrons. The fourth-order valence-electron chi connectivity index (χ4n) is 0.630. The Morgan fingerprint density at radius 3 is 2.70 bits per heavy atom. The largest absolute Gasteiger partial charge is 0.250 e. The van der Waals surface area contributed by atoms with Crippen molar-refractivity contribution in [2.75, 3.05) is 12.5 Å². The number of hydrogen-bond donors (Lipinski definition) is 0. The summed E-state index contributed by atoms with van der Waals surface area (Å²) in [6.07, 6.45) is 5.95. The van der Waals surface area contributed by atoms with Crippen molar-refractivity contribution in [3.8, 4) is 0 Å². The molecule has 0 aromatic carbocycles. The quantitative estimate of drug-likeness (QED) is 0.635. The van der Waals surface area contributed by atoms with Gasteiger partial charge in [0.25, 0.3) is 0 Å². The third-order valence-corrected chi connectivity index (χ3v) is 2.52. The van der Waals surface area contributed by atoms with Crippen LogP contribution >= 0.6 is 23.5 Å². The second-order valence-electron chi connectivity index (χ2n) is 1.74. The fraction of sp³-hybridized carbons (Fsp3) is 0.286. The highest BCUT2D eigenvalue weighted by Gasteiger charge is 1.92. The van der Waals surface area contributed by atoms with Crippen LogP contribution in [0.5, 0.6) is 0 Å². The maximum absolute atomic E-state index is 4.16. The third kappa shape index (κ3) is 1.92. The molecule has 0 amide bonds. The first-order chi connectivity index (χ1) is 4.86. The van der Waals surface area contributed by atoms with Crippen LogP contribution in [0.25, 0.3) is 0 Å².